The van der Waals surface area contributed by atoms with Gasteiger partial charge in [0.15, 0.2) is 15.5 Å². The molecule has 3 rings (SSSR count). The molecule has 1 saturated heterocycles. The van der Waals surface area contributed by atoms with E-state index in [1.54, 1.807) is 31.2 Å². The Balaban J connectivity index is 2.03. The van der Waals surface area contributed by atoms with E-state index in [0.717, 1.165) is 6.20 Å². The van der Waals surface area contributed by atoms with Crippen LogP contribution in [0.3, 0.4) is 0 Å². The fourth-order valence-electron chi connectivity index (χ4n) is 3.34. The fraction of sp³-hybridized carbons (Fsp3) is 0.421. The lowest BCUT2D eigenvalue weighted by Crippen LogP contribution is -2.41. The molecule has 0 N–H and O–H groups in total. The van der Waals surface area contributed by atoms with Gasteiger partial charge in [-0.3, -0.25) is 4.79 Å². The highest BCUT2D eigenvalue weighted by Gasteiger charge is 2.36. The van der Waals surface area contributed by atoms with Crippen molar-refractivity contribution in [3.05, 3.63) is 51.8 Å². The van der Waals surface area contributed by atoms with Crippen molar-refractivity contribution in [1.29, 1.82) is 0 Å². The second-order valence-electron chi connectivity index (χ2n) is 7.25. The third-order valence-corrected chi connectivity index (χ3v) is 8.98. The largest absolute Gasteiger partial charge is 0.329 e. The van der Waals surface area contributed by atoms with Crippen LogP contribution < -0.4 is 0 Å². The highest BCUT2D eigenvalue weighted by atomic mass is 35.5. The molecule has 1 aliphatic heterocycles. The molecule has 0 bridgehead atoms. The summed E-state index contributed by atoms with van der Waals surface area (Å²) in [5, 5.41) is -0.189. The summed E-state index contributed by atoms with van der Waals surface area (Å²) in [6, 6.07) is 6.27. The third-order valence-electron chi connectivity index (χ3n) is 4.88. The van der Waals surface area contributed by atoms with Crippen LogP contribution in [0.25, 0.3) is 0 Å². The van der Waals surface area contributed by atoms with Gasteiger partial charge < -0.3 is 4.90 Å². The Morgan fingerprint density at radius 1 is 1.23 bits per heavy atom. The Morgan fingerprint density at radius 2 is 1.94 bits per heavy atom. The van der Waals surface area contributed by atoms with Crippen molar-refractivity contribution in [3.8, 4) is 0 Å². The SMILES string of the molecule is CCCS(=O)(=O)c1ncc(Cl)c(C(=O)N(Cc2ccccc2Cl)C2CCS(=O)(=O)C2)n1. The van der Waals surface area contributed by atoms with Crippen LogP contribution in [0.5, 0.6) is 0 Å². The summed E-state index contributed by atoms with van der Waals surface area (Å²) in [7, 11) is -7.08. The molecular formula is C19H21Cl2N3O5S2. The van der Waals surface area contributed by atoms with Gasteiger partial charge in [0.05, 0.1) is 28.5 Å². The fourth-order valence-corrected chi connectivity index (χ4v) is 6.61. The van der Waals surface area contributed by atoms with Crippen molar-refractivity contribution in [2.75, 3.05) is 17.3 Å². The predicted molar refractivity (Wildman–Crippen MR) is 118 cm³/mol. The maximum atomic E-state index is 13.4. The molecule has 168 valence electrons. The van der Waals surface area contributed by atoms with Crippen LogP contribution in [0.1, 0.15) is 35.8 Å². The first-order valence-electron chi connectivity index (χ1n) is 9.54. The van der Waals surface area contributed by atoms with E-state index in [1.165, 1.54) is 4.90 Å². The van der Waals surface area contributed by atoms with Crippen LogP contribution in [-0.4, -0.2) is 60.9 Å². The monoisotopic (exact) mass is 505 g/mol. The van der Waals surface area contributed by atoms with E-state index in [4.69, 9.17) is 23.2 Å². The van der Waals surface area contributed by atoms with Crippen LogP contribution in [0.2, 0.25) is 10.0 Å². The van der Waals surface area contributed by atoms with Crippen molar-refractivity contribution in [3.63, 3.8) is 0 Å². The van der Waals surface area contributed by atoms with Crippen molar-refractivity contribution < 1.29 is 21.6 Å². The number of aromatic nitrogens is 2. The number of carbonyl (C=O) groups excluding carboxylic acids is 1. The van der Waals surface area contributed by atoms with Crippen LogP contribution in [-0.2, 0) is 26.2 Å². The molecule has 1 aromatic heterocycles. The third kappa shape index (κ3) is 5.54. The van der Waals surface area contributed by atoms with Gasteiger partial charge in [0.2, 0.25) is 15.0 Å². The van der Waals surface area contributed by atoms with Gasteiger partial charge in [-0.1, -0.05) is 48.3 Å². The van der Waals surface area contributed by atoms with E-state index < -0.39 is 36.8 Å². The topological polar surface area (TPSA) is 114 Å². The molecule has 0 radical (unpaired) electrons. The van der Waals surface area contributed by atoms with E-state index in [1.807, 2.05) is 0 Å². The number of sulfone groups is 2. The quantitative estimate of drug-likeness (QED) is 0.531. The zero-order chi connectivity index (χ0) is 22.8. The van der Waals surface area contributed by atoms with E-state index in [-0.39, 0.29) is 40.9 Å². The molecule has 1 aromatic carbocycles. The van der Waals surface area contributed by atoms with Crippen LogP contribution in [0, 0.1) is 0 Å². The van der Waals surface area contributed by atoms with Crippen LogP contribution in [0.15, 0.2) is 35.6 Å². The normalized spacial score (nSPS) is 18.1. The second kappa shape index (κ2) is 9.40. The van der Waals surface area contributed by atoms with Crippen molar-refractivity contribution in [2.45, 2.75) is 37.5 Å². The molecule has 31 heavy (non-hydrogen) atoms. The first-order chi connectivity index (χ1) is 14.5. The van der Waals surface area contributed by atoms with E-state index in [0.29, 0.717) is 17.0 Å². The van der Waals surface area contributed by atoms with Gasteiger partial charge in [0.25, 0.3) is 5.91 Å². The van der Waals surface area contributed by atoms with E-state index in [2.05, 4.69) is 9.97 Å². The Bertz CT molecular complexity index is 1200. The lowest BCUT2D eigenvalue weighted by molar-refractivity contribution is 0.0674. The molecule has 0 aliphatic carbocycles. The van der Waals surface area contributed by atoms with Crippen molar-refractivity contribution >= 4 is 48.8 Å². The molecule has 12 heteroatoms. The predicted octanol–water partition coefficient (Wildman–Crippen LogP) is 2.80. The minimum Gasteiger partial charge on any atom is -0.329 e. The molecule has 1 unspecified atom stereocenters. The van der Waals surface area contributed by atoms with E-state index >= 15 is 0 Å². The molecule has 1 amide bonds. The van der Waals surface area contributed by atoms with Gasteiger partial charge in [0.1, 0.15) is 0 Å². The van der Waals surface area contributed by atoms with Crippen LogP contribution in [0.4, 0.5) is 0 Å². The minimum absolute atomic E-state index is 0.0239. The Labute approximate surface area is 191 Å². The number of hydrogen-bond donors (Lipinski definition) is 0. The highest BCUT2D eigenvalue weighted by molar-refractivity contribution is 7.91. The molecule has 0 saturated carbocycles. The summed E-state index contributed by atoms with van der Waals surface area (Å²) in [4.78, 5) is 22.5. The molecule has 2 heterocycles. The molecule has 1 fully saturated rings. The number of carbonyl (C=O) groups is 1. The maximum absolute atomic E-state index is 13.4. The van der Waals surface area contributed by atoms with Crippen molar-refractivity contribution in [2.24, 2.45) is 0 Å². The average molecular weight is 506 g/mol. The van der Waals surface area contributed by atoms with Crippen LogP contribution >= 0.6 is 23.2 Å². The minimum atomic E-state index is -3.78. The standard InChI is InChI=1S/C19H21Cl2N3O5S2/c1-2-8-31(28,29)19-22-10-16(21)17(23-19)18(25)24(14-7-9-30(26,27)12-14)11-13-5-3-4-6-15(13)20/h3-6,10,14H,2,7-9,11-12H2,1H3. The lowest BCUT2D eigenvalue weighted by Gasteiger charge is -2.28. The van der Waals surface area contributed by atoms with Gasteiger partial charge in [0, 0.05) is 17.6 Å². The van der Waals surface area contributed by atoms with Gasteiger partial charge in [-0.15, -0.1) is 0 Å². The van der Waals surface area contributed by atoms with Gasteiger partial charge >= 0.3 is 0 Å². The summed E-state index contributed by atoms with van der Waals surface area (Å²) in [5.74, 6) is -1.10. The molecule has 0 spiro atoms. The molecular weight excluding hydrogens is 485 g/mol. The first-order valence-corrected chi connectivity index (χ1v) is 13.8. The number of amides is 1. The summed E-state index contributed by atoms with van der Waals surface area (Å²) >= 11 is 12.4. The summed E-state index contributed by atoms with van der Waals surface area (Å²) in [5.41, 5.74) is 0.327. The second-order valence-corrected chi connectivity index (χ2v) is 12.3. The Hall–Kier alpha value is -1.75. The maximum Gasteiger partial charge on any atom is 0.274 e. The van der Waals surface area contributed by atoms with Crippen molar-refractivity contribution in [1.82, 2.24) is 14.9 Å². The average Bonchev–Trinajstić information content (AvgIpc) is 3.06. The first kappa shape index (κ1) is 23.9. The number of rotatable bonds is 7. The highest BCUT2D eigenvalue weighted by Crippen LogP contribution is 2.26. The number of halogens is 2. The molecule has 2 aromatic rings. The summed E-state index contributed by atoms with van der Waals surface area (Å²) < 4.78 is 48.9. The Morgan fingerprint density at radius 3 is 2.55 bits per heavy atom. The molecule has 8 nitrogen and oxygen atoms in total. The number of hydrogen-bond acceptors (Lipinski definition) is 7. The molecule has 1 atom stereocenters. The zero-order valence-corrected chi connectivity index (χ0v) is 19.8. The molecule has 1 aliphatic rings. The number of benzene rings is 1. The Kier molecular flexibility index (Phi) is 7.25. The number of nitrogens with zero attached hydrogens (tertiary/aromatic N) is 3. The zero-order valence-electron chi connectivity index (χ0n) is 16.7. The smallest absolute Gasteiger partial charge is 0.274 e. The summed E-state index contributed by atoms with van der Waals surface area (Å²) in [6.07, 6.45) is 1.68. The van der Waals surface area contributed by atoms with Gasteiger partial charge in [-0.05, 0) is 24.5 Å². The van der Waals surface area contributed by atoms with Gasteiger partial charge in [-0.2, -0.15) is 0 Å². The van der Waals surface area contributed by atoms with E-state index in [9.17, 15) is 21.6 Å². The van der Waals surface area contributed by atoms with Gasteiger partial charge in [-0.25, -0.2) is 26.8 Å². The lowest BCUT2D eigenvalue weighted by atomic mass is 10.1. The summed E-state index contributed by atoms with van der Waals surface area (Å²) in [6.45, 7) is 1.72.